The largest absolute Gasteiger partial charge is 0.308 e. The average Bonchev–Trinajstić information content (AvgIpc) is 2.57. The van der Waals surface area contributed by atoms with Crippen LogP contribution in [0.1, 0.15) is 18.7 Å². The Bertz CT molecular complexity index is 280. The average molecular weight is 198 g/mol. The van der Waals surface area contributed by atoms with Gasteiger partial charge < -0.3 is 5.32 Å². The normalized spacial score (nSPS) is 11.6. The van der Waals surface area contributed by atoms with Gasteiger partial charge in [0.15, 0.2) is 5.78 Å². The number of hydrogen-bond donors (Lipinski definition) is 1. The number of carbonyl (C=O) groups excluding carboxylic acids is 1. The predicted molar refractivity (Wildman–Crippen MR) is 54.0 cm³/mol. The third-order valence-electron chi connectivity index (χ3n) is 2.14. The number of nitrogens with one attached hydrogen (secondary N) is 1. The van der Waals surface area contributed by atoms with Crippen LogP contribution in [0.2, 0.25) is 0 Å². The molecular formula is C9H14N2OS. The first-order valence-electron chi connectivity index (χ1n) is 4.16. The van der Waals surface area contributed by atoms with Crippen LogP contribution >= 0.6 is 11.3 Å². The summed E-state index contributed by atoms with van der Waals surface area (Å²) in [5, 5.41) is 2.99. The molecule has 0 fully saturated rings. The van der Waals surface area contributed by atoms with Crippen molar-refractivity contribution in [3.8, 4) is 0 Å². The highest BCUT2D eigenvalue weighted by molar-refractivity contribution is 7.09. The van der Waals surface area contributed by atoms with Gasteiger partial charge >= 0.3 is 0 Å². The minimum absolute atomic E-state index is 0.194. The molecule has 1 heterocycles. The van der Waals surface area contributed by atoms with E-state index in [0.717, 1.165) is 4.88 Å². The molecule has 0 aliphatic rings. The Balaban J connectivity index is 2.61. The maximum absolute atomic E-state index is 11.7. The molecule has 0 bridgehead atoms. The highest BCUT2D eigenvalue weighted by Crippen LogP contribution is 2.12. The summed E-state index contributed by atoms with van der Waals surface area (Å²) in [6.07, 6.45) is 2.22. The van der Waals surface area contributed by atoms with Gasteiger partial charge in [0.25, 0.3) is 0 Å². The van der Waals surface area contributed by atoms with Gasteiger partial charge in [0.1, 0.15) is 0 Å². The molecule has 0 atom stereocenters. The monoisotopic (exact) mass is 198 g/mol. The second-order valence-corrected chi connectivity index (χ2v) is 4.41. The molecule has 0 saturated heterocycles. The maximum Gasteiger partial charge on any atom is 0.157 e. The standard InChI is InChI=1S/C9H14N2OS/c1-9(2,10-3)8(12)4-7-5-11-6-13-7/h5-6,10H,4H2,1-3H3. The number of ketones is 1. The molecule has 0 aromatic carbocycles. The van der Waals surface area contributed by atoms with Gasteiger partial charge in [-0.25, -0.2) is 0 Å². The van der Waals surface area contributed by atoms with E-state index in [4.69, 9.17) is 0 Å². The summed E-state index contributed by atoms with van der Waals surface area (Å²) in [6, 6.07) is 0. The fraction of sp³-hybridized carbons (Fsp3) is 0.556. The second kappa shape index (κ2) is 3.98. The van der Waals surface area contributed by atoms with E-state index in [2.05, 4.69) is 10.3 Å². The summed E-state index contributed by atoms with van der Waals surface area (Å²) in [7, 11) is 1.80. The van der Waals surface area contributed by atoms with Crippen molar-refractivity contribution in [3.63, 3.8) is 0 Å². The van der Waals surface area contributed by atoms with Gasteiger partial charge in [-0.1, -0.05) is 0 Å². The minimum Gasteiger partial charge on any atom is -0.308 e. The van der Waals surface area contributed by atoms with Gasteiger partial charge in [-0.3, -0.25) is 9.78 Å². The van der Waals surface area contributed by atoms with Gasteiger partial charge in [-0.2, -0.15) is 0 Å². The molecule has 13 heavy (non-hydrogen) atoms. The van der Waals surface area contributed by atoms with Crippen LogP contribution in [0.4, 0.5) is 0 Å². The molecule has 4 heteroatoms. The van der Waals surface area contributed by atoms with E-state index in [1.807, 2.05) is 13.8 Å². The van der Waals surface area contributed by atoms with E-state index in [-0.39, 0.29) is 5.78 Å². The summed E-state index contributed by atoms with van der Waals surface area (Å²) in [6.45, 7) is 3.77. The molecule has 1 aromatic rings. The SMILES string of the molecule is CNC(C)(C)C(=O)Cc1cncs1. The summed E-state index contributed by atoms with van der Waals surface area (Å²) < 4.78 is 0. The minimum atomic E-state index is -0.440. The molecule has 0 aliphatic heterocycles. The van der Waals surface area contributed by atoms with Crippen molar-refractivity contribution in [2.24, 2.45) is 0 Å². The lowest BCUT2D eigenvalue weighted by Gasteiger charge is -2.21. The van der Waals surface area contributed by atoms with Crippen LogP contribution in [0.5, 0.6) is 0 Å². The number of rotatable bonds is 4. The number of Topliss-reactive ketones (excluding diaryl/α,β-unsaturated/α-hetero) is 1. The van der Waals surface area contributed by atoms with Gasteiger partial charge in [0.2, 0.25) is 0 Å². The summed E-state index contributed by atoms with van der Waals surface area (Å²) in [5.74, 6) is 0.194. The quantitative estimate of drug-likeness (QED) is 0.791. The number of likely N-dealkylation sites (N-methyl/N-ethyl adjacent to an activating group) is 1. The number of aromatic nitrogens is 1. The highest BCUT2D eigenvalue weighted by atomic mass is 32.1. The van der Waals surface area contributed by atoms with E-state index in [9.17, 15) is 4.79 Å². The van der Waals surface area contributed by atoms with E-state index in [1.54, 1.807) is 18.8 Å². The topological polar surface area (TPSA) is 42.0 Å². The number of thiazole rings is 1. The van der Waals surface area contributed by atoms with E-state index in [0.29, 0.717) is 6.42 Å². The molecule has 0 aliphatic carbocycles. The molecule has 0 amide bonds. The molecule has 72 valence electrons. The third kappa shape index (κ3) is 2.60. The molecule has 0 spiro atoms. The van der Waals surface area contributed by atoms with Gasteiger partial charge in [0.05, 0.1) is 11.0 Å². The zero-order valence-electron chi connectivity index (χ0n) is 8.13. The molecule has 3 nitrogen and oxygen atoms in total. The van der Waals surface area contributed by atoms with Crippen molar-refractivity contribution in [1.82, 2.24) is 10.3 Å². The second-order valence-electron chi connectivity index (χ2n) is 3.44. The van der Waals surface area contributed by atoms with Gasteiger partial charge in [0, 0.05) is 17.5 Å². The van der Waals surface area contributed by atoms with Crippen LogP contribution in [-0.2, 0) is 11.2 Å². The van der Waals surface area contributed by atoms with Gasteiger partial charge in [-0.05, 0) is 20.9 Å². The van der Waals surface area contributed by atoms with Crippen molar-refractivity contribution >= 4 is 17.1 Å². The van der Waals surface area contributed by atoms with E-state index >= 15 is 0 Å². The van der Waals surface area contributed by atoms with Crippen LogP contribution in [0, 0.1) is 0 Å². The Kier molecular flexibility index (Phi) is 3.17. The molecule has 1 aromatic heterocycles. The van der Waals surface area contributed by atoms with Crippen LogP contribution in [-0.4, -0.2) is 23.4 Å². The summed E-state index contributed by atoms with van der Waals surface area (Å²) >= 11 is 1.52. The fourth-order valence-corrected chi connectivity index (χ4v) is 1.44. The Morgan fingerprint density at radius 1 is 1.69 bits per heavy atom. The van der Waals surface area contributed by atoms with Crippen LogP contribution in [0.15, 0.2) is 11.7 Å². The third-order valence-corrected chi connectivity index (χ3v) is 2.92. The lowest BCUT2D eigenvalue weighted by atomic mass is 9.97. The summed E-state index contributed by atoms with van der Waals surface area (Å²) in [5.41, 5.74) is 1.30. The Morgan fingerprint density at radius 2 is 2.38 bits per heavy atom. The van der Waals surface area contributed by atoms with Crippen LogP contribution in [0.25, 0.3) is 0 Å². The molecule has 0 radical (unpaired) electrons. The smallest absolute Gasteiger partial charge is 0.157 e. The van der Waals surface area contributed by atoms with Crippen LogP contribution in [0.3, 0.4) is 0 Å². The molecular weight excluding hydrogens is 184 g/mol. The number of hydrogen-bond acceptors (Lipinski definition) is 4. The van der Waals surface area contributed by atoms with Crippen molar-refractivity contribution in [2.45, 2.75) is 25.8 Å². The first-order chi connectivity index (χ1) is 6.06. The molecule has 0 unspecified atom stereocenters. The van der Waals surface area contributed by atoms with Crippen molar-refractivity contribution in [3.05, 3.63) is 16.6 Å². The molecule has 1 N–H and O–H groups in total. The van der Waals surface area contributed by atoms with Gasteiger partial charge in [-0.15, -0.1) is 11.3 Å². The lowest BCUT2D eigenvalue weighted by Crippen LogP contribution is -2.45. The zero-order chi connectivity index (χ0) is 9.90. The van der Waals surface area contributed by atoms with E-state index < -0.39 is 5.54 Å². The first-order valence-corrected chi connectivity index (χ1v) is 5.04. The maximum atomic E-state index is 11.7. The summed E-state index contributed by atoms with van der Waals surface area (Å²) in [4.78, 5) is 16.6. The van der Waals surface area contributed by atoms with Crippen molar-refractivity contribution in [2.75, 3.05) is 7.05 Å². The molecule has 0 saturated carbocycles. The number of carbonyl (C=O) groups is 1. The highest BCUT2D eigenvalue weighted by Gasteiger charge is 2.24. The van der Waals surface area contributed by atoms with Crippen LogP contribution < -0.4 is 5.32 Å². The Morgan fingerprint density at radius 3 is 2.85 bits per heavy atom. The Hall–Kier alpha value is -0.740. The van der Waals surface area contributed by atoms with E-state index in [1.165, 1.54) is 11.3 Å². The lowest BCUT2D eigenvalue weighted by molar-refractivity contribution is -0.123. The Labute approximate surface area is 82.2 Å². The molecule has 1 rings (SSSR count). The van der Waals surface area contributed by atoms with Crippen molar-refractivity contribution < 1.29 is 4.79 Å². The predicted octanol–water partition coefficient (Wildman–Crippen LogP) is 1.25. The zero-order valence-corrected chi connectivity index (χ0v) is 8.94. The fourth-order valence-electron chi connectivity index (χ4n) is 0.848. The van der Waals surface area contributed by atoms with Crippen molar-refractivity contribution in [1.29, 1.82) is 0 Å². The number of nitrogens with zero attached hydrogens (tertiary/aromatic N) is 1. The first kappa shape index (κ1) is 10.3.